The lowest BCUT2D eigenvalue weighted by Gasteiger charge is -2.19. The van der Waals surface area contributed by atoms with Gasteiger partial charge in [0.1, 0.15) is 6.61 Å². The molecule has 2 unspecified atom stereocenters. The number of esters is 2. The van der Waals surface area contributed by atoms with Crippen LogP contribution in [0.15, 0.2) is 146 Å². The number of hydrogen-bond acceptors (Lipinski definition) is 8. The molecule has 0 aliphatic heterocycles. The topological polar surface area (TPSA) is 134 Å². The van der Waals surface area contributed by atoms with E-state index in [1.807, 2.05) is 0 Å². The summed E-state index contributed by atoms with van der Waals surface area (Å²) in [4.78, 5) is 35.3. The second-order valence-corrected chi connectivity index (χ2v) is 22.3. The van der Waals surface area contributed by atoms with Gasteiger partial charge in [-0.25, -0.2) is 4.57 Å². The molecule has 0 saturated carbocycles. The molecule has 0 aromatic heterocycles. The lowest BCUT2D eigenvalue weighted by atomic mass is 10.0. The summed E-state index contributed by atoms with van der Waals surface area (Å²) in [6, 6.07) is 0. The lowest BCUT2D eigenvalue weighted by molar-refractivity contribution is -0.161. The van der Waals surface area contributed by atoms with Crippen molar-refractivity contribution in [2.24, 2.45) is 5.73 Å². The molecular weight excluding hydrogens is 1030 g/mol. The monoisotopic (exact) mass is 1140 g/mol. The van der Waals surface area contributed by atoms with E-state index >= 15 is 0 Å². The van der Waals surface area contributed by atoms with E-state index in [1.165, 1.54) is 96.3 Å². The summed E-state index contributed by atoms with van der Waals surface area (Å²) < 4.78 is 33.1. The van der Waals surface area contributed by atoms with E-state index in [1.54, 1.807) is 0 Å². The van der Waals surface area contributed by atoms with E-state index in [0.717, 1.165) is 128 Å². The highest BCUT2D eigenvalue weighted by Crippen LogP contribution is 2.43. The third-order valence-corrected chi connectivity index (χ3v) is 14.2. The van der Waals surface area contributed by atoms with E-state index in [2.05, 4.69) is 160 Å². The Bertz CT molecular complexity index is 1830. The van der Waals surface area contributed by atoms with Crippen LogP contribution >= 0.6 is 7.82 Å². The van der Waals surface area contributed by atoms with Gasteiger partial charge in [-0.15, -0.1) is 0 Å². The first-order valence-corrected chi connectivity index (χ1v) is 33.8. The largest absolute Gasteiger partial charge is 0.472 e. The molecule has 0 aliphatic rings. The summed E-state index contributed by atoms with van der Waals surface area (Å²) in [5.74, 6) is -0.841. The molecule has 0 aromatic carbocycles. The standard InChI is InChI=1S/C71H118NO8P/c1-3-5-7-9-11-13-15-17-19-21-23-25-27-29-30-31-32-33-34-35-36-37-38-40-42-44-46-48-50-52-54-56-58-60-62-64-71(74)80-69(68-79-81(75,76)78-66-65-72)67-77-70(73)63-61-59-57-55-53-51-49-47-45-43-41-39-28-26-24-22-20-18-16-14-12-10-8-6-4-2/h5-8,11-14,17-20,23-26,29-30,32-33,35-36,39,41,69H,3-4,9-10,15-16,21-22,27-28,31,34,37-38,40,42-68,72H2,1-2H3,(H,75,76)/b7-5-,8-6-,13-11-,14-12-,19-17-,20-18-,25-23-,26-24-,30-29-,33-32-,36-35-,41-39-. The van der Waals surface area contributed by atoms with Crippen LogP contribution in [0.4, 0.5) is 0 Å². The Morgan fingerprint density at radius 2 is 0.642 bits per heavy atom. The number of carbonyl (C=O) groups is 2. The number of phosphoric acid groups is 1. The summed E-state index contributed by atoms with van der Waals surface area (Å²) in [5.41, 5.74) is 5.39. The number of carbonyl (C=O) groups excluding carboxylic acids is 2. The van der Waals surface area contributed by atoms with Crippen molar-refractivity contribution in [3.05, 3.63) is 146 Å². The smallest absolute Gasteiger partial charge is 0.462 e. The maximum atomic E-state index is 12.7. The molecule has 460 valence electrons. The molecule has 2 atom stereocenters. The molecule has 10 heteroatoms. The Hall–Kier alpha value is -4.11. The molecule has 0 spiro atoms. The second-order valence-electron chi connectivity index (χ2n) is 20.9. The van der Waals surface area contributed by atoms with Crippen LogP contribution < -0.4 is 5.73 Å². The number of unbranched alkanes of at least 4 members (excludes halogenated alkanes) is 22. The van der Waals surface area contributed by atoms with Gasteiger partial charge in [-0.1, -0.05) is 275 Å². The average molecular weight is 1140 g/mol. The molecule has 0 bridgehead atoms. The number of allylic oxidation sites excluding steroid dienone is 24. The number of rotatable bonds is 59. The maximum absolute atomic E-state index is 12.7. The zero-order chi connectivity index (χ0) is 58.7. The predicted octanol–water partition coefficient (Wildman–Crippen LogP) is 21.1. The van der Waals surface area contributed by atoms with Crippen molar-refractivity contribution in [3.63, 3.8) is 0 Å². The molecule has 0 heterocycles. The van der Waals surface area contributed by atoms with Crippen molar-refractivity contribution in [3.8, 4) is 0 Å². The van der Waals surface area contributed by atoms with Crippen molar-refractivity contribution in [1.82, 2.24) is 0 Å². The van der Waals surface area contributed by atoms with Crippen molar-refractivity contribution in [1.29, 1.82) is 0 Å². The molecule has 9 nitrogen and oxygen atoms in total. The van der Waals surface area contributed by atoms with Crippen molar-refractivity contribution >= 4 is 19.8 Å². The fourth-order valence-electron chi connectivity index (χ4n) is 8.53. The molecule has 0 aromatic rings. The van der Waals surface area contributed by atoms with Crippen LogP contribution in [0.25, 0.3) is 0 Å². The number of hydrogen-bond donors (Lipinski definition) is 2. The normalized spacial score (nSPS) is 14.0. The van der Waals surface area contributed by atoms with Crippen LogP contribution in [0.3, 0.4) is 0 Å². The van der Waals surface area contributed by atoms with E-state index in [9.17, 15) is 19.0 Å². The third kappa shape index (κ3) is 64.9. The van der Waals surface area contributed by atoms with Crippen LogP contribution in [-0.2, 0) is 32.7 Å². The number of ether oxygens (including phenoxy) is 2. The summed E-state index contributed by atoms with van der Waals surface area (Å²) in [6.45, 7) is 3.51. The molecule has 0 rings (SSSR count). The van der Waals surface area contributed by atoms with Gasteiger partial charge in [0.2, 0.25) is 0 Å². The van der Waals surface area contributed by atoms with Gasteiger partial charge < -0.3 is 20.1 Å². The minimum Gasteiger partial charge on any atom is -0.462 e. The zero-order valence-electron chi connectivity index (χ0n) is 51.5. The maximum Gasteiger partial charge on any atom is 0.472 e. The summed E-state index contributed by atoms with van der Waals surface area (Å²) >= 11 is 0. The van der Waals surface area contributed by atoms with Crippen LogP contribution in [0.5, 0.6) is 0 Å². The highest BCUT2D eigenvalue weighted by Gasteiger charge is 2.26. The Morgan fingerprint density at radius 1 is 0.370 bits per heavy atom. The van der Waals surface area contributed by atoms with Gasteiger partial charge in [-0.2, -0.15) is 0 Å². The third-order valence-electron chi connectivity index (χ3n) is 13.2. The van der Waals surface area contributed by atoms with E-state index in [0.29, 0.717) is 6.42 Å². The molecule has 0 fully saturated rings. The van der Waals surface area contributed by atoms with Crippen LogP contribution in [0, 0.1) is 0 Å². The molecular formula is C71H118NO8P. The van der Waals surface area contributed by atoms with Gasteiger partial charge in [-0.3, -0.25) is 18.6 Å². The van der Waals surface area contributed by atoms with E-state index in [4.69, 9.17) is 24.3 Å². The van der Waals surface area contributed by atoms with Crippen LogP contribution in [0.1, 0.15) is 258 Å². The van der Waals surface area contributed by atoms with Gasteiger partial charge in [-0.05, 0) is 116 Å². The van der Waals surface area contributed by atoms with Gasteiger partial charge in [0.05, 0.1) is 13.2 Å². The Morgan fingerprint density at radius 3 is 0.951 bits per heavy atom. The van der Waals surface area contributed by atoms with E-state index in [-0.39, 0.29) is 32.6 Å². The predicted molar refractivity (Wildman–Crippen MR) is 348 cm³/mol. The molecule has 0 amide bonds. The minimum atomic E-state index is -4.40. The van der Waals surface area contributed by atoms with Gasteiger partial charge in [0, 0.05) is 19.4 Å². The van der Waals surface area contributed by atoms with Crippen molar-refractivity contribution in [2.75, 3.05) is 26.4 Å². The first-order valence-electron chi connectivity index (χ1n) is 32.3. The summed E-state index contributed by atoms with van der Waals surface area (Å²) in [6.07, 6.45) is 93.4. The van der Waals surface area contributed by atoms with Crippen molar-refractivity contribution < 1.29 is 37.6 Å². The quantitative estimate of drug-likeness (QED) is 0.0264. The highest BCUT2D eigenvalue weighted by atomic mass is 31.2. The minimum absolute atomic E-state index is 0.0458. The Kier molecular flexibility index (Phi) is 61.7. The van der Waals surface area contributed by atoms with Crippen LogP contribution in [-0.4, -0.2) is 49.3 Å². The Labute approximate surface area is 496 Å². The first kappa shape index (κ1) is 76.9. The molecule has 3 N–H and O–H groups in total. The average Bonchev–Trinajstić information content (AvgIpc) is 3.46. The zero-order valence-corrected chi connectivity index (χ0v) is 52.4. The lowest BCUT2D eigenvalue weighted by Crippen LogP contribution is -2.29. The number of phosphoric ester groups is 1. The summed E-state index contributed by atoms with van der Waals surface area (Å²) in [5, 5.41) is 0. The Balaban J connectivity index is 3.97. The van der Waals surface area contributed by atoms with Gasteiger partial charge in [0.15, 0.2) is 6.10 Å². The number of nitrogens with two attached hydrogens (primary N) is 1. The van der Waals surface area contributed by atoms with Gasteiger partial charge >= 0.3 is 19.8 Å². The van der Waals surface area contributed by atoms with Gasteiger partial charge in [0.25, 0.3) is 0 Å². The molecule has 0 radical (unpaired) electrons. The molecule has 0 saturated heterocycles. The van der Waals surface area contributed by atoms with Crippen LogP contribution in [0.2, 0.25) is 0 Å². The van der Waals surface area contributed by atoms with E-state index < -0.39 is 32.5 Å². The molecule has 0 aliphatic carbocycles. The van der Waals surface area contributed by atoms with Crippen molar-refractivity contribution in [2.45, 2.75) is 264 Å². The summed E-state index contributed by atoms with van der Waals surface area (Å²) in [7, 11) is -4.40. The molecule has 81 heavy (non-hydrogen) atoms. The fraction of sp³-hybridized carbons (Fsp3) is 0.634. The first-order chi connectivity index (χ1) is 39.8. The SMILES string of the molecule is CC/C=C\C/C=C\C/C=C\C/C=C\C/C=C\C/C=C\C/C=C\CCCCCCCCCCCCCCCC(=O)OC(COC(=O)CCCCCCCCCCC/C=C\C/C=C\C/C=C\C/C=C\C/C=C\CC)COP(=O)(O)OCCN. The fourth-order valence-corrected chi connectivity index (χ4v) is 9.29. The highest BCUT2D eigenvalue weighted by molar-refractivity contribution is 7.47. The second kappa shape index (κ2) is 65.0.